The highest BCUT2D eigenvalue weighted by atomic mass is 16.3. The van der Waals surface area contributed by atoms with Crippen molar-refractivity contribution in [3.8, 4) is 5.82 Å². The highest BCUT2D eigenvalue weighted by Gasteiger charge is 2.45. The zero-order valence-corrected chi connectivity index (χ0v) is 15.4. The summed E-state index contributed by atoms with van der Waals surface area (Å²) in [5.74, 6) is 1.48. The van der Waals surface area contributed by atoms with Crippen LogP contribution in [0.25, 0.3) is 5.82 Å². The van der Waals surface area contributed by atoms with Gasteiger partial charge in [-0.25, -0.2) is 9.67 Å². The summed E-state index contributed by atoms with van der Waals surface area (Å²) in [6.45, 7) is 5.89. The van der Waals surface area contributed by atoms with E-state index in [0.29, 0.717) is 23.3 Å². The SMILES string of the molecule is CC(C)(C)[C@@H](CO)NC(=O)c1nn(-c2cnccn2)c2c1C[C@@H]1CC[C@H]21. The minimum Gasteiger partial charge on any atom is -0.394 e. The number of hydrogen-bond acceptors (Lipinski definition) is 5. The fraction of sp³-hybridized carbons (Fsp3) is 0.579. The molecule has 2 aromatic rings. The van der Waals surface area contributed by atoms with Gasteiger partial charge in [0.25, 0.3) is 5.91 Å². The van der Waals surface area contributed by atoms with Gasteiger partial charge in [0.1, 0.15) is 0 Å². The number of aliphatic hydroxyl groups is 1. The van der Waals surface area contributed by atoms with Gasteiger partial charge in [-0.15, -0.1) is 0 Å². The quantitative estimate of drug-likeness (QED) is 0.873. The molecule has 1 amide bonds. The number of carbonyl (C=O) groups excluding carboxylic acids is 1. The first-order chi connectivity index (χ1) is 12.4. The third-order valence-corrected chi connectivity index (χ3v) is 5.77. The molecule has 1 fully saturated rings. The average molecular weight is 355 g/mol. The Hall–Kier alpha value is -2.28. The molecule has 7 heteroatoms. The van der Waals surface area contributed by atoms with Crippen molar-refractivity contribution >= 4 is 5.91 Å². The Balaban J connectivity index is 1.72. The summed E-state index contributed by atoms with van der Waals surface area (Å²) in [6, 6.07) is -0.328. The summed E-state index contributed by atoms with van der Waals surface area (Å²) in [5.41, 5.74) is 2.37. The van der Waals surface area contributed by atoms with Crippen LogP contribution in [0.3, 0.4) is 0 Å². The molecular weight excluding hydrogens is 330 g/mol. The van der Waals surface area contributed by atoms with Gasteiger partial charge < -0.3 is 10.4 Å². The van der Waals surface area contributed by atoms with Crippen LogP contribution in [0.15, 0.2) is 18.6 Å². The molecule has 138 valence electrons. The van der Waals surface area contributed by atoms with Crippen LogP contribution in [-0.4, -0.2) is 43.4 Å². The highest BCUT2D eigenvalue weighted by molar-refractivity contribution is 5.94. The van der Waals surface area contributed by atoms with Crippen molar-refractivity contribution in [3.63, 3.8) is 0 Å². The van der Waals surface area contributed by atoms with E-state index in [0.717, 1.165) is 24.1 Å². The van der Waals surface area contributed by atoms with Crippen molar-refractivity contribution < 1.29 is 9.90 Å². The predicted octanol–water partition coefficient (Wildman–Crippen LogP) is 1.85. The van der Waals surface area contributed by atoms with Crippen LogP contribution in [0.1, 0.15) is 61.3 Å². The van der Waals surface area contributed by atoms with E-state index in [1.54, 1.807) is 23.3 Å². The number of hydrogen-bond donors (Lipinski definition) is 2. The molecule has 0 spiro atoms. The Bertz CT molecular complexity index is 824. The van der Waals surface area contributed by atoms with Gasteiger partial charge in [-0.2, -0.15) is 5.10 Å². The third-order valence-electron chi connectivity index (χ3n) is 5.77. The summed E-state index contributed by atoms with van der Waals surface area (Å²) in [6.07, 6.45) is 8.16. The Morgan fingerprint density at radius 3 is 2.77 bits per heavy atom. The zero-order valence-electron chi connectivity index (χ0n) is 15.4. The summed E-state index contributed by atoms with van der Waals surface area (Å²) >= 11 is 0. The number of aromatic nitrogens is 4. The normalized spacial score (nSPS) is 22.3. The van der Waals surface area contributed by atoms with Crippen LogP contribution in [0, 0.1) is 11.3 Å². The topological polar surface area (TPSA) is 92.9 Å². The maximum atomic E-state index is 13.0. The van der Waals surface area contributed by atoms with E-state index in [4.69, 9.17) is 0 Å². The van der Waals surface area contributed by atoms with Crippen LogP contribution < -0.4 is 5.32 Å². The monoisotopic (exact) mass is 355 g/mol. The number of rotatable bonds is 4. The van der Waals surface area contributed by atoms with Crippen molar-refractivity contribution in [2.45, 2.75) is 52.0 Å². The standard InChI is InChI=1S/C19H25N5O2/c1-19(2,3)14(10-25)22-18(26)16-13-8-11-4-5-12(11)17(13)24(23-16)15-9-20-6-7-21-15/h6-7,9,11-12,14,25H,4-5,8,10H2,1-3H3,(H,22,26)/t11-,12-,14+/m0/s1. The molecule has 2 aliphatic carbocycles. The minimum atomic E-state index is -0.328. The van der Waals surface area contributed by atoms with Crippen LogP contribution in [0.2, 0.25) is 0 Å². The summed E-state index contributed by atoms with van der Waals surface area (Å²) in [5, 5.41) is 17.2. The second-order valence-corrected chi connectivity index (χ2v) is 8.41. The van der Waals surface area contributed by atoms with Gasteiger partial charge in [0.2, 0.25) is 0 Å². The molecule has 2 aliphatic rings. The van der Waals surface area contributed by atoms with Crippen molar-refractivity contribution in [1.29, 1.82) is 0 Å². The molecule has 4 rings (SSSR count). The van der Waals surface area contributed by atoms with E-state index in [1.807, 2.05) is 20.8 Å². The Morgan fingerprint density at radius 2 is 2.19 bits per heavy atom. The van der Waals surface area contributed by atoms with Gasteiger partial charge in [-0.05, 0) is 30.6 Å². The zero-order chi connectivity index (χ0) is 18.5. The van der Waals surface area contributed by atoms with Crippen molar-refractivity contribution in [3.05, 3.63) is 35.5 Å². The summed E-state index contributed by atoms with van der Waals surface area (Å²) in [7, 11) is 0. The highest BCUT2D eigenvalue weighted by Crippen LogP contribution is 2.52. The molecule has 0 bridgehead atoms. The number of aliphatic hydroxyl groups excluding tert-OH is 1. The molecule has 2 heterocycles. The van der Waals surface area contributed by atoms with Crippen LogP contribution in [0.4, 0.5) is 0 Å². The van der Waals surface area contributed by atoms with E-state index in [2.05, 4.69) is 20.4 Å². The summed E-state index contributed by atoms with van der Waals surface area (Å²) < 4.78 is 1.80. The Kier molecular flexibility index (Phi) is 4.06. The van der Waals surface area contributed by atoms with Crippen LogP contribution in [0.5, 0.6) is 0 Å². The largest absolute Gasteiger partial charge is 0.394 e. The first-order valence-electron chi connectivity index (χ1n) is 9.20. The van der Waals surface area contributed by atoms with E-state index in [-0.39, 0.29) is 24.0 Å². The van der Waals surface area contributed by atoms with Crippen molar-refractivity contribution in [2.75, 3.05) is 6.61 Å². The summed E-state index contributed by atoms with van der Waals surface area (Å²) in [4.78, 5) is 21.5. The first kappa shape index (κ1) is 17.1. The average Bonchev–Trinajstić information content (AvgIpc) is 3.06. The first-order valence-corrected chi connectivity index (χ1v) is 9.20. The second-order valence-electron chi connectivity index (χ2n) is 8.41. The van der Waals surface area contributed by atoms with Gasteiger partial charge in [0.05, 0.1) is 24.5 Å². The van der Waals surface area contributed by atoms with Gasteiger partial charge >= 0.3 is 0 Å². The lowest BCUT2D eigenvalue weighted by Gasteiger charge is -2.31. The minimum absolute atomic E-state index is 0.104. The number of nitrogens with zero attached hydrogens (tertiary/aromatic N) is 4. The van der Waals surface area contributed by atoms with E-state index >= 15 is 0 Å². The maximum absolute atomic E-state index is 13.0. The lowest BCUT2D eigenvalue weighted by Crippen LogP contribution is -2.46. The van der Waals surface area contributed by atoms with Gasteiger partial charge in [0, 0.05) is 23.9 Å². The maximum Gasteiger partial charge on any atom is 0.272 e. The lowest BCUT2D eigenvalue weighted by atomic mass is 9.75. The van der Waals surface area contributed by atoms with Crippen LogP contribution >= 0.6 is 0 Å². The molecule has 3 atom stereocenters. The van der Waals surface area contributed by atoms with Crippen LogP contribution in [-0.2, 0) is 6.42 Å². The molecule has 1 saturated carbocycles. The predicted molar refractivity (Wildman–Crippen MR) is 96.1 cm³/mol. The van der Waals surface area contributed by atoms with Gasteiger partial charge in [-0.1, -0.05) is 20.8 Å². The lowest BCUT2D eigenvalue weighted by molar-refractivity contribution is 0.0841. The number of amides is 1. The number of fused-ring (bicyclic) bond motifs is 3. The van der Waals surface area contributed by atoms with Crippen molar-refractivity contribution in [2.24, 2.45) is 11.3 Å². The molecular formula is C19H25N5O2. The van der Waals surface area contributed by atoms with Gasteiger partial charge in [0.15, 0.2) is 11.5 Å². The molecule has 26 heavy (non-hydrogen) atoms. The molecule has 0 unspecified atom stereocenters. The number of nitrogens with one attached hydrogen (secondary N) is 1. The second kappa shape index (κ2) is 6.16. The fourth-order valence-corrected chi connectivity index (χ4v) is 4.00. The molecule has 7 nitrogen and oxygen atoms in total. The third kappa shape index (κ3) is 2.70. The van der Waals surface area contributed by atoms with E-state index < -0.39 is 0 Å². The molecule has 2 N–H and O–H groups in total. The molecule has 0 radical (unpaired) electrons. The molecule has 0 aromatic carbocycles. The van der Waals surface area contributed by atoms with Gasteiger partial charge in [-0.3, -0.25) is 9.78 Å². The molecule has 2 aromatic heterocycles. The number of carbonyl (C=O) groups is 1. The van der Waals surface area contributed by atoms with Crippen molar-refractivity contribution in [1.82, 2.24) is 25.1 Å². The van der Waals surface area contributed by atoms with E-state index in [1.165, 1.54) is 6.42 Å². The van der Waals surface area contributed by atoms with E-state index in [9.17, 15) is 9.90 Å². The fourth-order valence-electron chi connectivity index (χ4n) is 4.00. The molecule has 0 saturated heterocycles. The smallest absolute Gasteiger partial charge is 0.272 e. The Labute approximate surface area is 152 Å². The molecule has 0 aliphatic heterocycles. The Morgan fingerprint density at radius 1 is 1.38 bits per heavy atom.